The predicted octanol–water partition coefficient (Wildman–Crippen LogP) is 7.69. The van der Waals surface area contributed by atoms with Crippen molar-refractivity contribution in [1.29, 1.82) is 0 Å². The van der Waals surface area contributed by atoms with Crippen molar-refractivity contribution in [1.82, 2.24) is 69.1 Å². The van der Waals surface area contributed by atoms with E-state index in [0.29, 0.717) is 11.6 Å². The maximum absolute atomic E-state index is 13.1. The Morgan fingerprint density at radius 1 is 0.636 bits per heavy atom. The van der Waals surface area contributed by atoms with Crippen molar-refractivity contribution in [2.75, 3.05) is 88.1 Å². The Balaban J connectivity index is 0.000000166. The molecule has 6 aromatic heterocycles. The number of nitrogens with zero attached hydrogens (tertiary/aromatic N) is 12. The number of aromatic amines is 2. The fraction of sp³-hybridized carbons (Fsp3) is 0.407. The van der Waals surface area contributed by atoms with E-state index in [1.54, 1.807) is 21.8 Å². The Bertz CT molecular complexity index is 3300. The van der Waals surface area contributed by atoms with Crippen molar-refractivity contribution >= 4 is 101 Å². The Kier molecular flexibility index (Phi) is 18.0. The molecule has 0 radical (unpaired) electrons. The number of nitrogen functional groups attached to an aromatic ring is 1. The summed E-state index contributed by atoms with van der Waals surface area (Å²) in [5.74, 6) is 2.28. The minimum absolute atomic E-state index is 0. The van der Waals surface area contributed by atoms with E-state index in [1.165, 1.54) is 22.3 Å². The summed E-state index contributed by atoms with van der Waals surface area (Å²) in [4.78, 5) is 58.1. The van der Waals surface area contributed by atoms with Crippen LogP contribution in [0.2, 0.25) is 5.28 Å². The largest absolute Gasteiger partial charge is 0.396 e. The van der Waals surface area contributed by atoms with E-state index in [4.69, 9.17) is 22.3 Å². The number of nitrogens with two attached hydrogens (primary N) is 1. The van der Waals surface area contributed by atoms with Crippen LogP contribution in [0.3, 0.4) is 0 Å². The Morgan fingerprint density at radius 2 is 1.10 bits per heavy atom. The third kappa shape index (κ3) is 12.3. The van der Waals surface area contributed by atoms with Crippen LogP contribution in [0.15, 0.2) is 85.5 Å². The van der Waals surface area contributed by atoms with E-state index in [1.807, 2.05) is 62.0 Å². The highest BCUT2D eigenvalue weighted by Gasteiger charge is 2.29. The standard InChI is InChI=1S/C27H33N9O.C15H13ClN4.C12H21N5O.2H2S/c1-17-23(16-29-36(17)18(2)26(37)35-14-12-34(3)13-15-35)31-27-32-24-21(10-11-28-24)25(33-27)30-22-9-8-19-6-4-5-7-20(19)22;16-15-19-13-11(7-8-17-13)14(20-15)18-12-6-5-9-3-1-2-4-10(9)12;1-9-11(13)8-14-17(9)10(2)12(18)16-6-4-15(3)5-7-16;;/h4-7,10-11,16,18,22H,8-9,12-15H2,1-3H3,(H3,28,30,31,32,33);1-4,7-8,12H,5-6H2,(H2,17,18,19,20);8,10H,4-7,13H2,1-3H3;2*1H2/t18?,22-;12-;;;/m00.../s1. The van der Waals surface area contributed by atoms with Gasteiger partial charge in [0, 0.05) is 64.8 Å². The van der Waals surface area contributed by atoms with E-state index >= 15 is 0 Å². The average molecular weight is 1100 g/mol. The number of halogens is 1. The average Bonchev–Trinajstić information content (AvgIpc) is 4.34. The summed E-state index contributed by atoms with van der Waals surface area (Å²) in [6.07, 6.45) is 11.3. The van der Waals surface area contributed by atoms with Crippen molar-refractivity contribution in [3.8, 4) is 0 Å². The number of fused-ring (bicyclic) bond motifs is 4. The second kappa shape index (κ2) is 24.6. The summed E-state index contributed by atoms with van der Waals surface area (Å²) in [5.41, 5.74) is 15.9. The van der Waals surface area contributed by atoms with Gasteiger partial charge in [0.05, 0.1) is 58.0 Å². The third-order valence-electron chi connectivity index (χ3n) is 15.1. The van der Waals surface area contributed by atoms with Crippen molar-refractivity contribution in [2.24, 2.45) is 0 Å². The maximum Gasteiger partial charge on any atom is 0.247 e. The van der Waals surface area contributed by atoms with Crippen molar-refractivity contribution < 1.29 is 9.59 Å². The van der Waals surface area contributed by atoms with Crippen LogP contribution < -0.4 is 21.7 Å². The van der Waals surface area contributed by atoms with Gasteiger partial charge < -0.3 is 51.3 Å². The van der Waals surface area contributed by atoms with Gasteiger partial charge in [-0.3, -0.25) is 19.0 Å². The lowest BCUT2D eigenvalue weighted by Gasteiger charge is -2.34. The molecule has 408 valence electrons. The van der Waals surface area contributed by atoms with Gasteiger partial charge in [-0.1, -0.05) is 48.5 Å². The van der Waals surface area contributed by atoms with Gasteiger partial charge in [-0.15, -0.1) is 0 Å². The summed E-state index contributed by atoms with van der Waals surface area (Å²) in [5, 5.41) is 21.4. The zero-order chi connectivity index (χ0) is 52.3. The molecule has 2 amide bonds. The van der Waals surface area contributed by atoms with Gasteiger partial charge in [-0.25, -0.2) is 4.98 Å². The van der Waals surface area contributed by atoms with Crippen LogP contribution in [0.1, 0.15) is 84.5 Å². The summed E-state index contributed by atoms with van der Waals surface area (Å²) in [7, 11) is 4.16. The fourth-order valence-corrected chi connectivity index (χ4v) is 10.7. The van der Waals surface area contributed by atoms with E-state index in [2.05, 4.69) is 123 Å². The number of rotatable bonds is 10. The summed E-state index contributed by atoms with van der Waals surface area (Å²) < 4.78 is 3.49. The molecule has 4 aliphatic rings. The molecular weight excluding hydrogens is 1030 g/mol. The molecule has 20 nitrogen and oxygen atoms in total. The molecule has 0 spiro atoms. The van der Waals surface area contributed by atoms with Crippen molar-refractivity contribution in [3.05, 3.63) is 124 Å². The van der Waals surface area contributed by atoms with Crippen LogP contribution in [0.25, 0.3) is 22.1 Å². The molecule has 4 atom stereocenters. The lowest BCUT2D eigenvalue weighted by atomic mass is 10.1. The molecule has 12 rings (SSSR count). The second-order valence-corrected chi connectivity index (χ2v) is 20.4. The number of amides is 2. The zero-order valence-electron chi connectivity index (χ0n) is 44.5. The van der Waals surface area contributed by atoms with Gasteiger partial charge in [-0.05, 0) is 113 Å². The van der Waals surface area contributed by atoms with Crippen LogP contribution in [-0.2, 0) is 22.4 Å². The first kappa shape index (κ1) is 56.4. The molecule has 8 heterocycles. The fourth-order valence-electron chi connectivity index (χ4n) is 10.6. The van der Waals surface area contributed by atoms with E-state index in [9.17, 15) is 9.59 Å². The van der Waals surface area contributed by atoms with Crippen LogP contribution in [-0.4, -0.2) is 147 Å². The third-order valence-corrected chi connectivity index (χ3v) is 15.3. The molecule has 2 saturated heterocycles. The number of H-pyrrole nitrogens is 2. The molecule has 2 unspecified atom stereocenters. The van der Waals surface area contributed by atoms with Gasteiger partial charge in [-0.2, -0.15) is 52.1 Å². The SMILES string of the molecule is Cc1c(N)cnn1C(C)C(=O)N1CCN(C)CC1.Cc1c(Nc2nc(N[C@H]3CCc4ccccc43)c3cc[nH]c3n2)cnn1C(C)C(=O)N1CCN(C)CC1.Clc1nc(N[C@H]2CCc3ccccc32)c2cc[nH]c2n1.S.S. The summed E-state index contributed by atoms with van der Waals surface area (Å²) in [6, 6.07) is 20.9. The smallest absolute Gasteiger partial charge is 0.247 e. The van der Waals surface area contributed by atoms with Gasteiger partial charge in [0.15, 0.2) is 0 Å². The number of anilines is 5. The highest BCUT2D eigenvalue weighted by molar-refractivity contribution is 7.59. The van der Waals surface area contributed by atoms with Crippen LogP contribution in [0, 0.1) is 13.8 Å². The normalized spacial score (nSPS) is 17.9. The molecule has 2 fully saturated rings. The maximum atomic E-state index is 13.1. The first-order chi connectivity index (χ1) is 36.3. The molecule has 2 aromatic carbocycles. The van der Waals surface area contributed by atoms with Gasteiger partial charge >= 0.3 is 0 Å². The molecule has 0 saturated carbocycles. The highest BCUT2D eigenvalue weighted by Crippen LogP contribution is 2.37. The number of hydrogen-bond donors (Lipinski definition) is 6. The quantitative estimate of drug-likeness (QED) is 0.0723. The van der Waals surface area contributed by atoms with Gasteiger partial charge in [0.25, 0.3) is 0 Å². The van der Waals surface area contributed by atoms with Gasteiger partial charge in [0.2, 0.25) is 23.0 Å². The molecule has 23 heteroatoms. The molecule has 2 aliphatic heterocycles. The molecule has 77 heavy (non-hydrogen) atoms. The number of nitrogens with one attached hydrogen (secondary N) is 5. The number of likely N-dealkylation sites (N-methyl/N-ethyl adjacent to an activating group) is 2. The first-order valence-corrected chi connectivity index (χ1v) is 26.3. The number of hydrogen-bond acceptors (Lipinski definition) is 14. The molecule has 8 aromatic rings. The van der Waals surface area contributed by atoms with Gasteiger partial charge in [0.1, 0.15) is 35.0 Å². The topological polar surface area (TPSA) is 228 Å². The minimum atomic E-state index is -0.384. The Hall–Kier alpha value is -6.85. The van der Waals surface area contributed by atoms with Crippen LogP contribution >= 0.6 is 38.6 Å². The second-order valence-electron chi connectivity index (χ2n) is 20.0. The summed E-state index contributed by atoms with van der Waals surface area (Å²) in [6.45, 7) is 14.3. The highest BCUT2D eigenvalue weighted by atomic mass is 35.5. The first-order valence-electron chi connectivity index (χ1n) is 25.9. The van der Waals surface area contributed by atoms with Crippen molar-refractivity contribution in [2.45, 2.75) is 77.5 Å². The lowest BCUT2D eigenvalue weighted by molar-refractivity contribution is -0.136. The molecular formula is C54H71ClN18O2S2. The molecule has 7 N–H and O–H groups in total. The van der Waals surface area contributed by atoms with E-state index in [0.717, 1.165) is 129 Å². The number of piperazine rings is 2. The number of carbonyl (C=O) groups is 2. The monoisotopic (exact) mass is 1100 g/mol. The van der Waals surface area contributed by atoms with E-state index in [-0.39, 0.29) is 68.3 Å². The molecule has 2 aliphatic carbocycles. The Morgan fingerprint density at radius 3 is 1.61 bits per heavy atom. The lowest BCUT2D eigenvalue weighted by Crippen LogP contribution is -2.49. The Labute approximate surface area is 467 Å². The predicted molar refractivity (Wildman–Crippen MR) is 315 cm³/mol. The number of aryl methyl sites for hydroxylation is 2. The zero-order valence-corrected chi connectivity index (χ0v) is 47.3. The van der Waals surface area contributed by atoms with Crippen LogP contribution in [0.5, 0.6) is 0 Å². The van der Waals surface area contributed by atoms with Crippen molar-refractivity contribution in [3.63, 3.8) is 0 Å². The van der Waals surface area contributed by atoms with E-state index < -0.39 is 0 Å². The number of benzene rings is 2. The minimum Gasteiger partial charge on any atom is -0.396 e. The number of carbonyl (C=O) groups excluding carboxylic acids is 2. The molecule has 0 bridgehead atoms. The number of aromatic nitrogens is 10. The summed E-state index contributed by atoms with van der Waals surface area (Å²) >= 11 is 5.98. The van der Waals surface area contributed by atoms with Crippen LogP contribution in [0.4, 0.5) is 29.0 Å².